The number of hydrogen-bond donors (Lipinski definition) is 0. The first-order valence-corrected chi connectivity index (χ1v) is 11.1. The van der Waals surface area contributed by atoms with Crippen LogP contribution in [0.15, 0.2) is 71.3 Å². The lowest BCUT2D eigenvalue weighted by Gasteiger charge is -2.36. The molecule has 2 aromatic carbocycles. The SMILES string of the molecule is O=C(c1cc(-c2ccco2)nn1-c1ccc(Cl)c(Cl)c1)N1CCN(c2ccccc2F)CC1. The molecule has 1 amide bonds. The molecule has 2 aromatic heterocycles. The highest BCUT2D eigenvalue weighted by Gasteiger charge is 2.27. The topological polar surface area (TPSA) is 54.5 Å². The number of benzene rings is 2. The van der Waals surface area contributed by atoms with Gasteiger partial charge < -0.3 is 14.2 Å². The third-order valence-electron chi connectivity index (χ3n) is 5.61. The van der Waals surface area contributed by atoms with Crippen LogP contribution >= 0.6 is 23.2 Å². The lowest BCUT2D eigenvalue weighted by Crippen LogP contribution is -2.49. The quantitative estimate of drug-likeness (QED) is 0.381. The molecule has 0 radical (unpaired) electrons. The van der Waals surface area contributed by atoms with Crippen LogP contribution in [-0.4, -0.2) is 46.8 Å². The fourth-order valence-corrected chi connectivity index (χ4v) is 4.20. The van der Waals surface area contributed by atoms with Crippen molar-refractivity contribution < 1.29 is 13.6 Å². The van der Waals surface area contributed by atoms with Crippen molar-refractivity contribution in [1.82, 2.24) is 14.7 Å². The van der Waals surface area contributed by atoms with Crippen molar-refractivity contribution in [3.8, 4) is 17.1 Å². The summed E-state index contributed by atoms with van der Waals surface area (Å²) in [5.41, 5.74) is 2.06. The third-order valence-corrected chi connectivity index (χ3v) is 6.35. The fraction of sp³-hybridized carbons (Fsp3) is 0.167. The van der Waals surface area contributed by atoms with Crippen molar-refractivity contribution in [3.63, 3.8) is 0 Å². The highest BCUT2D eigenvalue weighted by Crippen LogP contribution is 2.28. The minimum absolute atomic E-state index is 0.181. The molecule has 0 saturated carbocycles. The van der Waals surface area contributed by atoms with E-state index >= 15 is 0 Å². The maximum absolute atomic E-state index is 14.2. The summed E-state index contributed by atoms with van der Waals surface area (Å²) < 4.78 is 21.2. The van der Waals surface area contributed by atoms with Crippen LogP contribution in [0.4, 0.5) is 10.1 Å². The summed E-state index contributed by atoms with van der Waals surface area (Å²) in [6, 6.07) is 17.0. The summed E-state index contributed by atoms with van der Waals surface area (Å²) in [7, 11) is 0. The summed E-state index contributed by atoms with van der Waals surface area (Å²) in [4.78, 5) is 17.2. The lowest BCUT2D eigenvalue weighted by atomic mass is 10.2. The van der Waals surface area contributed by atoms with E-state index < -0.39 is 0 Å². The average Bonchev–Trinajstić information content (AvgIpc) is 3.51. The molecule has 168 valence electrons. The van der Waals surface area contributed by atoms with Gasteiger partial charge in [-0.05, 0) is 42.5 Å². The minimum atomic E-state index is -0.266. The van der Waals surface area contributed by atoms with Crippen molar-refractivity contribution in [2.45, 2.75) is 0 Å². The van der Waals surface area contributed by atoms with E-state index in [1.165, 1.54) is 6.07 Å². The van der Waals surface area contributed by atoms with E-state index in [0.29, 0.717) is 64.7 Å². The standard InChI is InChI=1S/C24H19Cl2FN4O2/c25-17-8-7-16(14-18(17)26)31-22(15-20(28-31)23-6-3-13-33-23)24(32)30-11-9-29(10-12-30)21-5-2-1-4-19(21)27/h1-8,13-15H,9-12H2. The number of furan rings is 1. The number of amides is 1. The number of nitrogens with zero attached hydrogens (tertiary/aromatic N) is 4. The van der Waals surface area contributed by atoms with E-state index in [9.17, 15) is 9.18 Å². The van der Waals surface area contributed by atoms with E-state index in [2.05, 4.69) is 5.10 Å². The summed E-state index contributed by atoms with van der Waals surface area (Å²) in [6.45, 7) is 1.96. The molecule has 1 aliphatic rings. The predicted octanol–water partition coefficient (Wildman–Crippen LogP) is 5.54. The van der Waals surface area contributed by atoms with Crippen LogP contribution in [0.3, 0.4) is 0 Å². The van der Waals surface area contributed by atoms with Crippen LogP contribution < -0.4 is 4.90 Å². The van der Waals surface area contributed by atoms with Crippen LogP contribution in [0.5, 0.6) is 0 Å². The molecule has 1 saturated heterocycles. The monoisotopic (exact) mass is 484 g/mol. The third kappa shape index (κ3) is 4.21. The van der Waals surface area contributed by atoms with Gasteiger partial charge in [-0.2, -0.15) is 5.10 Å². The van der Waals surface area contributed by atoms with Gasteiger partial charge in [0.25, 0.3) is 5.91 Å². The van der Waals surface area contributed by atoms with Crippen molar-refractivity contribution in [2.24, 2.45) is 0 Å². The molecule has 0 spiro atoms. The Labute approximate surface area is 199 Å². The average molecular weight is 485 g/mol. The van der Waals surface area contributed by atoms with Gasteiger partial charge in [0.1, 0.15) is 17.2 Å². The zero-order valence-corrected chi connectivity index (χ0v) is 18.9. The first kappa shape index (κ1) is 21.6. The van der Waals surface area contributed by atoms with Crippen molar-refractivity contribution >= 4 is 34.8 Å². The Bertz CT molecular complexity index is 1300. The van der Waals surface area contributed by atoms with Gasteiger partial charge in [0, 0.05) is 32.2 Å². The van der Waals surface area contributed by atoms with Gasteiger partial charge in [0.2, 0.25) is 0 Å². The number of anilines is 1. The molecule has 5 rings (SSSR count). The molecule has 33 heavy (non-hydrogen) atoms. The number of hydrogen-bond acceptors (Lipinski definition) is 4. The largest absolute Gasteiger partial charge is 0.463 e. The zero-order chi connectivity index (χ0) is 22.9. The van der Waals surface area contributed by atoms with Crippen LogP contribution in [0, 0.1) is 5.82 Å². The highest BCUT2D eigenvalue weighted by atomic mass is 35.5. The van der Waals surface area contributed by atoms with Crippen LogP contribution in [0.2, 0.25) is 10.0 Å². The normalized spacial score (nSPS) is 14.0. The van der Waals surface area contributed by atoms with E-state index in [4.69, 9.17) is 27.6 Å². The molecule has 6 nitrogen and oxygen atoms in total. The number of piperazine rings is 1. The summed E-state index contributed by atoms with van der Waals surface area (Å²) >= 11 is 12.3. The number of para-hydroxylation sites is 1. The zero-order valence-electron chi connectivity index (χ0n) is 17.4. The van der Waals surface area contributed by atoms with E-state index in [1.54, 1.807) is 64.4 Å². The van der Waals surface area contributed by atoms with Crippen LogP contribution in [0.1, 0.15) is 10.5 Å². The van der Waals surface area contributed by atoms with Gasteiger partial charge in [-0.3, -0.25) is 4.79 Å². The molecule has 0 N–H and O–H groups in total. The predicted molar refractivity (Wildman–Crippen MR) is 126 cm³/mol. The van der Waals surface area contributed by atoms with E-state index in [0.717, 1.165) is 0 Å². The van der Waals surface area contributed by atoms with Gasteiger partial charge >= 0.3 is 0 Å². The number of halogens is 3. The first-order valence-electron chi connectivity index (χ1n) is 10.4. The fourth-order valence-electron chi connectivity index (χ4n) is 3.91. The summed E-state index contributed by atoms with van der Waals surface area (Å²) in [5.74, 6) is 0.102. The molecular weight excluding hydrogens is 466 g/mol. The highest BCUT2D eigenvalue weighted by molar-refractivity contribution is 6.42. The Morgan fingerprint density at radius 2 is 1.73 bits per heavy atom. The van der Waals surface area contributed by atoms with Crippen LogP contribution in [-0.2, 0) is 0 Å². The van der Waals surface area contributed by atoms with Crippen molar-refractivity contribution in [1.29, 1.82) is 0 Å². The lowest BCUT2D eigenvalue weighted by molar-refractivity contribution is 0.0737. The van der Waals surface area contributed by atoms with Gasteiger partial charge in [-0.15, -0.1) is 0 Å². The van der Waals surface area contributed by atoms with Gasteiger partial charge in [-0.25, -0.2) is 9.07 Å². The van der Waals surface area contributed by atoms with Crippen LogP contribution in [0.25, 0.3) is 17.1 Å². The molecule has 0 aliphatic carbocycles. The molecule has 0 bridgehead atoms. The molecule has 0 unspecified atom stereocenters. The van der Waals surface area contributed by atoms with E-state index in [1.807, 2.05) is 11.0 Å². The van der Waals surface area contributed by atoms with Gasteiger partial charge in [-0.1, -0.05) is 35.3 Å². The first-order chi connectivity index (χ1) is 16.0. The minimum Gasteiger partial charge on any atom is -0.463 e. The second kappa shape index (κ2) is 8.92. The number of carbonyl (C=O) groups is 1. The molecule has 4 aromatic rings. The van der Waals surface area contributed by atoms with Gasteiger partial charge in [0.05, 0.1) is 27.7 Å². The molecule has 9 heteroatoms. The Morgan fingerprint density at radius 1 is 0.939 bits per heavy atom. The Kier molecular flexibility index (Phi) is 5.83. The maximum Gasteiger partial charge on any atom is 0.272 e. The number of aromatic nitrogens is 2. The second-order valence-corrected chi connectivity index (χ2v) is 8.45. The molecule has 1 fully saturated rings. The molecule has 1 aliphatic heterocycles. The Balaban J connectivity index is 1.44. The summed E-state index contributed by atoms with van der Waals surface area (Å²) in [5, 5.41) is 5.37. The Hall–Kier alpha value is -3.29. The molecule has 0 atom stereocenters. The van der Waals surface area contributed by atoms with Gasteiger partial charge in [0.15, 0.2) is 5.76 Å². The van der Waals surface area contributed by atoms with Crippen molar-refractivity contribution in [2.75, 3.05) is 31.1 Å². The number of carbonyl (C=O) groups excluding carboxylic acids is 1. The maximum atomic E-state index is 14.2. The molecule has 3 heterocycles. The summed E-state index contributed by atoms with van der Waals surface area (Å²) in [6.07, 6.45) is 1.55. The molecular formula is C24H19Cl2FN4O2. The van der Waals surface area contributed by atoms with E-state index in [-0.39, 0.29) is 11.7 Å². The second-order valence-electron chi connectivity index (χ2n) is 7.63. The van der Waals surface area contributed by atoms with Crippen molar-refractivity contribution in [3.05, 3.63) is 88.5 Å². The smallest absolute Gasteiger partial charge is 0.272 e. The Morgan fingerprint density at radius 3 is 2.42 bits per heavy atom. The number of rotatable bonds is 4.